The number of carbonyl (C=O) groups excluding carboxylic acids is 2. The molecule has 1 unspecified atom stereocenters. The van der Waals surface area contributed by atoms with E-state index in [4.69, 9.17) is 9.47 Å². The minimum Gasteiger partial charge on any atom is -0.458 e. The SMILES string of the molecule is C[Si](C)C1[C@@H](OC(=O)C(C)(C)C)C=C[C@H]1OC(=O)C(C)(C)C. The Morgan fingerprint density at radius 3 is 1.36 bits per heavy atom. The Morgan fingerprint density at radius 1 is 0.818 bits per heavy atom. The summed E-state index contributed by atoms with van der Waals surface area (Å²) in [6.45, 7) is 15.3. The van der Waals surface area contributed by atoms with Crippen molar-refractivity contribution < 1.29 is 19.1 Å². The van der Waals surface area contributed by atoms with Crippen LogP contribution in [-0.2, 0) is 19.1 Å². The Balaban J connectivity index is 2.82. The molecule has 0 spiro atoms. The number of carbonyl (C=O) groups is 2. The van der Waals surface area contributed by atoms with Crippen molar-refractivity contribution in [3.05, 3.63) is 12.2 Å². The van der Waals surface area contributed by atoms with E-state index in [0.717, 1.165) is 0 Å². The summed E-state index contributed by atoms with van der Waals surface area (Å²) in [5.41, 5.74) is -1.01. The lowest BCUT2D eigenvalue weighted by Gasteiger charge is -2.30. The summed E-state index contributed by atoms with van der Waals surface area (Å²) >= 11 is 0. The lowest BCUT2D eigenvalue weighted by atomic mass is 9.97. The molecule has 0 bridgehead atoms. The highest BCUT2D eigenvalue weighted by Crippen LogP contribution is 2.35. The molecule has 0 heterocycles. The first kappa shape index (κ1) is 18.9. The van der Waals surface area contributed by atoms with Crippen LogP contribution < -0.4 is 0 Å². The number of ether oxygens (including phenoxy) is 2. The fourth-order valence-electron chi connectivity index (χ4n) is 2.13. The molecular weight excluding hydrogens is 296 g/mol. The maximum absolute atomic E-state index is 12.1. The van der Waals surface area contributed by atoms with Gasteiger partial charge < -0.3 is 9.47 Å². The van der Waals surface area contributed by atoms with Crippen LogP contribution in [-0.4, -0.2) is 32.9 Å². The van der Waals surface area contributed by atoms with E-state index in [1.807, 2.05) is 53.7 Å². The van der Waals surface area contributed by atoms with Gasteiger partial charge in [0.05, 0.1) is 19.6 Å². The molecule has 1 aliphatic carbocycles. The van der Waals surface area contributed by atoms with Crippen molar-refractivity contribution in [1.29, 1.82) is 0 Å². The van der Waals surface area contributed by atoms with E-state index >= 15 is 0 Å². The van der Waals surface area contributed by atoms with E-state index in [0.29, 0.717) is 0 Å². The van der Waals surface area contributed by atoms with Gasteiger partial charge in [-0.1, -0.05) is 13.1 Å². The lowest BCUT2D eigenvalue weighted by molar-refractivity contribution is -0.160. The van der Waals surface area contributed by atoms with Crippen LogP contribution in [0, 0.1) is 10.8 Å². The third-order valence-electron chi connectivity index (χ3n) is 3.58. The summed E-state index contributed by atoms with van der Waals surface area (Å²) in [4.78, 5) is 24.2. The second-order valence-corrected chi connectivity index (χ2v) is 11.0. The molecule has 22 heavy (non-hydrogen) atoms. The van der Waals surface area contributed by atoms with Gasteiger partial charge in [-0.3, -0.25) is 9.59 Å². The van der Waals surface area contributed by atoms with Gasteiger partial charge in [-0.15, -0.1) is 0 Å². The van der Waals surface area contributed by atoms with Gasteiger partial charge in [0.1, 0.15) is 12.2 Å². The highest BCUT2D eigenvalue weighted by Gasteiger charge is 2.41. The molecule has 0 aliphatic heterocycles. The summed E-state index contributed by atoms with van der Waals surface area (Å²) in [5, 5.41) is 0. The van der Waals surface area contributed by atoms with Gasteiger partial charge in [0.15, 0.2) is 0 Å². The molecule has 3 atom stereocenters. The third-order valence-corrected chi connectivity index (χ3v) is 5.57. The van der Waals surface area contributed by atoms with Crippen molar-refractivity contribution in [2.45, 2.75) is 72.4 Å². The minimum absolute atomic E-state index is 0.0580. The molecule has 1 radical (unpaired) electrons. The van der Waals surface area contributed by atoms with Crippen molar-refractivity contribution in [2.75, 3.05) is 0 Å². The lowest BCUT2D eigenvalue weighted by Crippen LogP contribution is -2.38. The normalized spacial score (nSPS) is 25.4. The van der Waals surface area contributed by atoms with Crippen molar-refractivity contribution in [2.24, 2.45) is 10.8 Å². The molecule has 1 rings (SSSR count). The first-order valence-electron chi connectivity index (χ1n) is 7.74. The standard InChI is InChI=1S/C17H29O4Si/c1-16(2,3)14(18)20-11-9-10-12(13(11)22(7)8)21-15(19)17(4,5)6/h9-13H,1-8H3/t11-,12+,13?. The van der Waals surface area contributed by atoms with E-state index in [1.165, 1.54) is 0 Å². The van der Waals surface area contributed by atoms with Gasteiger partial charge >= 0.3 is 11.9 Å². The van der Waals surface area contributed by atoms with Gasteiger partial charge in [-0.05, 0) is 53.7 Å². The predicted octanol–water partition coefficient (Wildman–Crippen LogP) is 3.60. The fourth-order valence-corrected chi connectivity index (χ4v) is 3.80. The van der Waals surface area contributed by atoms with Gasteiger partial charge in [-0.2, -0.15) is 0 Å². The molecule has 0 aromatic heterocycles. The summed E-state index contributed by atoms with van der Waals surface area (Å²) < 4.78 is 11.3. The summed E-state index contributed by atoms with van der Waals surface area (Å²) in [7, 11) is -0.806. The zero-order chi connectivity index (χ0) is 17.3. The van der Waals surface area contributed by atoms with Crippen LogP contribution in [0.15, 0.2) is 12.2 Å². The van der Waals surface area contributed by atoms with Crippen LogP contribution >= 0.6 is 0 Å². The highest BCUT2D eigenvalue weighted by molar-refractivity contribution is 6.58. The molecule has 1 aliphatic rings. The Bertz CT molecular complexity index is 416. The minimum atomic E-state index is -0.806. The van der Waals surface area contributed by atoms with E-state index in [1.54, 1.807) is 0 Å². The number of esters is 2. The number of rotatable bonds is 3. The summed E-state index contributed by atoms with van der Waals surface area (Å²) in [6, 6.07) is 0. The molecule has 125 valence electrons. The number of hydrogen-bond acceptors (Lipinski definition) is 4. The molecule has 0 N–H and O–H groups in total. The van der Waals surface area contributed by atoms with Crippen molar-refractivity contribution in [1.82, 2.24) is 0 Å². The zero-order valence-electron chi connectivity index (χ0n) is 15.0. The van der Waals surface area contributed by atoms with Crippen molar-refractivity contribution in [3.63, 3.8) is 0 Å². The van der Waals surface area contributed by atoms with E-state index in [-0.39, 0.29) is 29.7 Å². The Morgan fingerprint density at radius 2 is 1.14 bits per heavy atom. The van der Waals surface area contributed by atoms with Crippen molar-refractivity contribution >= 4 is 20.7 Å². The maximum Gasteiger partial charge on any atom is 0.311 e. The molecule has 0 aromatic rings. The second kappa shape index (κ2) is 6.57. The Labute approximate surface area is 135 Å². The monoisotopic (exact) mass is 325 g/mol. The largest absolute Gasteiger partial charge is 0.458 e. The van der Waals surface area contributed by atoms with E-state index < -0.39 is 19.6 Å². The van der Waals surface area contributed by atoms with Crippen LogP contribution in [0.25, 0.3) is 0 Å². The van der Waals surface area contributed by atoms with Gasteiger partial charge in [0.2, 0.25) is 0 Å². The van der Waals surface area contributed by atoms with Crippen LogP contribution in [0.3, 0.4) is 0 Å². The topological polar surface area (TPSA) is 52.6 Å². The second-order valence-electron chi connectivity index (χ2n) is 8.23. The average Bonchev–Trinajstić information content (AvgIpc) is 2.69. The molecule has 0 saturated carbocycles. The Hall–Kier alpha value is -1.10. The maximum atomic E-state index is 12.1. The smallest absolute Gasteiger partial charge is 0.311 e. The predicted molar refractivity (Wildman–Crippen MR) is 89.0 cm³/mol. The van der Waals surface area contributed by atoms with E-state index in [9.17, 15) is 9.59 Å². The summed E-state index contributed by atoms with van der Waals surface area (Å²) in [6.07, 6.45) is 3.14. The quantitative estimate of drug-likeness (QED) is 0.452. The first-order valence-corrected chi connectivity index (χ1v) is 10.3. The van der Waals surface area contributed by atoms with Crippen molar-refractivity contribution in [3.8, 4) is 0 Å². The van der Waals surface area contributed by atoms with Crippen LogP contribution in [0.2, 0.25) is 18.6 Å². The van der Waals surface area contributed by atoms with Crippen LogP contribution in [0.1, 0.15) is 41.5 Å². The van der Waals surface area contributed by atoms with Gasteiger partial charge in [-0.25, -0.2) is 0 Å². The third kappa shape index (κ3) is 4.70. The van der Waals surface area contributed by atoms with E-state index in [2.05, 4.69) is 13.1 Å². The molecule has 5 heteroatoms. The van der Waals surface area contributed by atoms with Gasteiger partial charge in [0, 0.05) is 5.54 Å². The van der Waals surface area contributed by atoms with Gasteiger partial charge in [0.25, 0.3) is 0 Å². The molecule has 0 amide bonds. The molecule has 0 aromatic carbocycles. The number of hydrogen-bond donors (Lipinski definition) is 0. The molecule has 0 saturated heterocycles. The molecular formula is C17H29O4Si. The molecule has 4 nitrogen and oxygen atoms in total. The van der Waals surface area contributed by atoms with Crippen LogP contribution in [0.5, 0.6) is 0 Å². The average molecular weight is 326 g/mol. The zero-order valence-corrected chi connectivity index (χ0v) is 16.0. The first-order chi connectivity index (χ1) is 9.84. The highest BCUT2D eigenvalue weighted by atomic mass is 28.3. The fraction of sp³-hybridized carbons (Fsp3) is 0.765. The summed E-state index contributed by atoms with van der Waals surface area (Å²) in [5.74, 6) is -0.448. The Kier molecular flexibility index (Phi) is 5.65. The molecule has 0 fully saturated rings. The van der Waals surface area contributed by atoms with Crippen LogP contribution in [0.4, 0.5) is 0 Å².